The van der Waals surface area contributed by atoms with Crippen LogP contribution in [0.25, 0.3) is 11.0 Å². The Bertz CT molecular complexity index is 408. The summed E-state index contributed by atoms with van der Waals surface area (Å²) in [5.74, 6) is 0.879. The standard InChI is InChI=1S/C9H8O3.Ac/c1-11-6-2-3-7-8(10)5-12-9(7)4-6;/h2-5,10H,1H3;. The van der Waals surface area contributed by atoms with Gasteiger partial charge in [-0.05, 0) is 12.1 Å². The minimum Gasteiger partial charge on any atom is -0.504 e. The predicted octanol–water partition coefficient (Wildman–Crippen LogP) is 2.15. The third-order valence-corrected chi connectivity index (χ3v) is 1.76. The van der Waals surface area contributed by atoms with Crippen LogP contribution in [0.4, 0.5) is 0 Å². The molecule has 0 fully saturated rings. The maximum absolute atomic E-state index is 9.24. The van der Waals surface area contributed by atoms with Crippen LogP contribution in [0.2, 0.25) is 0 Å². The molecule has 1 radical (unpaired) electrons. The Morgan fingerprint density at radius 1 is 1.38 bits per heavy atom. The number of hydrogen-bond acceptors (Lipinski definition) is 3. The first-order chi connectivity index (χ1) is 5.81. The van der Waals surface area contributed by atoms with Crippen molar-refractivity contribution in [3.63, 3.8) is 0 Å². The Hall–Kier alpha value is -0.198. The molecule has 0 aliphatic carbocycles. The third-order valence-electron chi connectivity index (χ3n) is 1.76. The molecule has 0 saturated carbocycles. The summed E-state index contributed by atoms with van der Waals surface area (Å²) in [7, 11) is 1.59. The van der Waals surface area contributed by atoms with E-state index in [1.807, 2.05) is 0 Å². The van der Waals surface area contributed by atoms with Crippen molar-refractivity contribution in [1.82, 2.24) is 0 Å². The molecular weight excluding hydrogens is 383 g/mol. The van der Waals surface area contributed by atoms with Gasteiger partial charge in [0.1, 0.15) is 17.6 Å². The number of benzene rings is 1. The van der Waals surface area contributed by atoms with Gasteiger partial charge in [-0.25, -0.2) is 0 Å². The van der Waals surface area contributed by atoms with Crippen molar-refractivity contribution in [3.8, 4) is 11.5 Å². The van der Waals surface area contributed by atoms with Crippen LogP contribution < -0.4 is 4.74 Å². The van der Waals surface area contributed by atoms with Crippen LogP contribution in [0.3, 0.4) is 0 Å². The monoisotopic (exact) mass is 391 g/mol. The van der Waals surface area contributed by atoms with Crippen molar-refractivity contribution in [1.29, 1.82) is 0 Å². The van der Waals surface area contributed by atoms with Crippen LogP contribution in [0.1, 0.15) is 0 Å². The van der Waals surface area contributed by atoms with Gasteiger partial charge in [-0.15, -0.1) is 0 Å². The van der Waals surface area contributed by atoms with Gasteiger partial charge in [-0.3, -0.25) is 0 Å². The molecule has 1 aromatic heterocycles. The van der Waals surface area contributed by atoms with E-state index in [0.29, 0.717) is 11.0 Å². The van der Waals surface area contributed by atoms with E-state index in [1.54, 1.807) is 25.3 Å². The van der Waals surface area contributed by atoms with E-state index in [1.165, 1.54) is 6.26 Å². The Balaban J connectivity index is 0.000000845. The third kappa shape index (κ3) is 2.00. The van der Waals surface area contributed by atoms with Gasteiger partial charge in [0.2, 0.25) is 0 Å². The number of furan rings is 1. The number of hydrogen-bond donors (Lipinski definition) is 1. The summed E-state index contributed by atoms with van der Waals surface area (Å²) in [6.45, 7) is 0. The second-order valence-electron chi connectivity index (χ2n) is 2.48. The SMILES string of the molecule is COc1ccc2c(O)coc2c1.[Ac]. The second-order valence-corrected chi connectivity index (χ2v) is 2.48. The van der Waals surface area contributed by atoms with E-state index in [-0.39, 0.29) is 49.8 Å². The van der Waals surface area contributed by atoms with E-state index < -0.39 is 0 Å². The maximum Gasteiger partial charge on any atom is 0.161 e. The zero-order valence-electron chi connectivity index (χ0n) is 7.15. The number of fused-ring (bicyclic) bond motifs is 1. The maximum atomic E-state index is 9.24. The van der Waals surface area contributed by atoms with Gasteiger partial charge in [0.05, 0.1) is 12.5 Å². The molecule has 2 aromatic rings. The molecule has 13 heavy (non-hydrogen) atoms. The number of rotatable bonds is 1. The van der Waals surface area contributed by atoms with E-state index in [9.17, 15) is 5.11 Å². The number of ether oxygens (including phenoxy) is 1. The van der Waals surface area contributed by atoms with Crippen molar-refractivity contribution in [2.24, 2.45) is 0 Å². The summed E-state index contributed by atoms with van der Waals surface area (Å²) in [4.78, 5) is 0. The molecule has 0 aliphatic heterocycles. The molecule has 0 spiro atoms. The Morgan fingerprint density at radius 3 is 2.85 bits per heavy atom. The van der Waals surface area contributed by atoms with Crippen molar-refractivity contribution in [2.45, 2.75) is 0 Å². The summed E-state index contributed by atoms with van der Waals surface area (Å²) in [5, 5.41) is 9.94. The Kier molecular flexibility index (Phi) is 3.64. The number of methoxy groups -OCH3 is 1. The first kappa shape index (κ1) is 10.9. The molecule has 1 N–H and O–H groups in total. The molecule has 2 rings (SSSR count). The van der Waals surface area contributed by atoms with Crippen molar-refractivity contribution < 1.29 is 58.3 Å². The van der Waals surface area contributed by atoms with E-state index >= 15 is 0 Å². The molecule has 0 saturated heterocycles. The summed E-state index contributed by atoms with van der Waals surface area (Å²) < 4.78 is 10.1. The average Bonchev–Trinajstić information content (AvgIpc) is 2.47. The van der Waals surface area contributed by atoms with Crippen molar-refractivity contribution in [3.05, 3.63) is 24.5 Å². The van der Waals surface area contributed by atoms with E-state index in [0.717, 1.165) is 5.75 Å². The first-order valence-corrected chi connectivity index (χ1v) is 3.55. The van der Waals surface area contributed by atoms with Crippen LogP contribution in [0.15, 0.2) is 28.9 Å². The van der Waals surface area contributed by atoms with E-state index in [2.05, 4.69) is 0 Å². The Labute approximate surface area is 111 Å². The molecular formula is C9H8AcO3. The molecule has 65 valence electrons. The van der Waals surface area contributed by atoms with E-state index in [4.69, 9.17) is 9.15 Å². The van der Waals surface area contributed by atoms with Crippen LogP contribution in [0, 0.1) is 44.1 Å². The topological polar surface area (TPSA) is 42.6 Å². The minimum atomic E-state index is 0. The summed E-state index contributed by atoms with van der Waals surface area (Å²) in [6.07, 6.45) is 1.31. The molecule has 0 unspecified atom stereocenters. The molecule has 1 heterocycles. The molecule has 0 amide bonds. The van der Waals surface area contributed by atoms with Crippen LogP contribution in [-0.2, 0) is 0 Å². The normalized spacial score (nSPS) is 9.62. The van der Waals surface area contributed by atoms with Crippen LogP contribution >= 0.6 is 0 Å². The quantitative estimate of drug-likeness (QED) is 0.811. The molecule has 0 atom stereocenters. The van der Waals surface area contributed by atoms with Gasteiger partial charge in [0.25, 0.3) is 0 Å². The smallest absolute Gasteiger partial charge is 0.161 e. The zero-order valence-corrected chi connectivity index (χ0v) is 11.9. The summed E-state index contributed by atoms with van der Waals surface area (Å²) in [6, 6.07) is 5.26. The molecule has 3 nitrogen and oxygen atoms in total. The van der Waals surface area contributed by atoms with Crippen molar-refractivity contribution >= 4 is 11.0 Å². The van der Waals surface area contributed by atoms with Gasteiger partial charge in [-0.1, -0.05) is 0 Å². The van der Waals surface area contributed by atoms with Gasteiger partial charge in [-0.2, -0.15) is 0 Å². The fourth-order valence-electron chi connectivity index (χ4n) is 1.12. The number of aromatic hydroxyl groups is 1. The van der Waals surface area contributed by atoms with Gasteiger partial charge in [0, 0.05) is 50.1 Å². The molecule has 0 bridgehead atoms. The fraction of sp³-hybridized carbons (Fsp3) is 0.111. The minimum absolute atomic E-state index is 0. The summed E-state index contributed by atoms with van der Waals surface area (Å²) >= 11 is 0. The summed E-state index contributed by atoms with van der Waals surface area (Å²) in [5.41, 5.74) is 0.631. The van der Waals surface area contributed by atoms with Gasteiger partial charge in [0.15, 0.2) is 5.75 Å². The molecule has 4 heteroatoms. The second kappa shape index (κ2) is 4.35. The first-order valence-electron chi connectivity index (χ1n) is 3.55. The molecule has 0 aliphatic rings. The van der Waals surface area contributed by atoms with Crippen molar-refractivity contribution in [2.75, 3.05) is 7.11 Å². The molecule has 1 aromatic carbocycles. The predicted molar refractivity (Wildman–Crippen MR) is 44.4 cm³/mol. The Morgan fingerprint density at radius 2 is 2.15 bits per heavy atom. The zero-order chi connectivity index (χ0) is 8.55. The fourth-order valence-corrected chi connectivity index (χ4v) is 1.12. The van der Waals surface area contributed by atoms with Gasteiger partial charge < -0.3 is 14.3 Å². The van der Waals surface area contributed by atoms with Crippen LogP contribution in [0.5, 0.6) is 11.5 Å². The largest absolute Gasteiger partial charge is 0.504 e. The van der Waals surface area contributed by atoms with Gasteiger partial charge >= 0.3 is 0 Å². The average molecular weight is 391 g/mol. The van der Waals surface area contributed by atoms with Crippen LogP contribution in [-0.4, -0.2) is 12.2 Å².